The van der Waals surface area contributed by atoms with Gasteiger partial charge in [0.25, 0.3) is 0 Å². The Bertz CT molecular complexity index is 1060. The van der Waals surface area contributed by atoms with Gasteiger partial charge in [-0.15, -0.1) is 0 Å². The fourth-order valence-corrected chi connectivity index (χ4v) is 4.34. The molecule has 0 radical (unpaired) electrons. The molecule has 1 aromatic carbocycles. The summed E-state index contributed by atoms with van der Waals surface area (Å²) in [6.07, 6.45) is 1.06. The van der Waals surface area contributed by atoms with E-state index in [2.05, 4.69) is 44.3 Å². The Labute approximate surface area is 184 Å². The molecular formula is C24H32N6O. The SMILES string of the molecule is CCN1CCN(c2ccc(NC(=O)CCc3c(C)nc4cc(C)nn4c3C)cc2)CC1. The normalized spacial score (nSPS) is 14.9. The molecule has 3 heterocycles. The average Bonchev–Trinajstić information content (AvgIpc) is 3.14. The largest absolute Gasteiger partial charge is 0.369 e. The predicted octanol–water partition coefficient (Wildman–Crippen LogP) is 3.37. The molecule has 1 amide bonds. The Hall–Kier alpha value is -2.93. The van der Waals surface area contributed by atoms with Crippen LogP contribution in [-0.2, 0) is 11.2 Å². The number of aryl methyl sites for hydroxylation is 3. The molecule has 1 aliphatic heterocycles. The van der Waals surface area contributed by atoms with E-state index in [0.717, 1.165) is 66.7 Å². The van der Waals surface area contributed by atoms with Gasteiger partial charge in [-0.2, -0.15) is 5.10 Å². The van der Waals surface area contributed by atoms with E-state index in [-0.39, 0.29) is 5.91 Å². The molecule has 3 aromatic rings. The molecule has 164 valence electrons. The van der Waals surface area contributed by atoms with Crippen molar-refractivity contribution in [1.82, 2.24) is 19.5 Å². The number of carbonyl (C=O) groups excluding carboxylic acids is 1. The number of amides is 1. The second kappa shape index (κ2) is 9.06. The van der Waals surface area contributed by atoms with Crippen LogP contribution in [0, 0.1) is 20.8 Å². The molecule has 7 nitrogen and oxygen atoms in total. The lowest BCUT2D eigenvalue weighted by Gasteiger charge is -2.35. The van der Waals surface area contributed by atoms with Gasteiger partial charge in [-0.25, -0.2) is 9.50 Å². The number of anilines is 2. The third kappa shape index (κ3) is 4.71. The van der Waals surface area contributed by atoms with Gasteiger partial charge in [0, 0.05) is 61.4 Å². The van der Waals surface area contributed by atoms with Crippen molar-refractivity contribution in [2.75, 3.05) is 42.9 Å². The van der Waals surface area contributed by atoms with Gasteiger partial charge < -0.3 is 15.1 Å². The Morgan fingerprint density at radius 2 is 1.77 bits per heavy atom. The zero-order valence-electron chi connectivity index (χ0n) is 19.0. The Morgan fingerprint density at radius 1 is 1.06 bits per heavy atom. The minimum Gasteiger partial charge on any atom is -0.369 e. The van der Waals surface area contributed by atoms with Crippen molar-refractivity contribution >= 4 is 22.9 Å². The number of likely N-dealkylation sites (N-methyl/N-ethyl adjacent to an activating group) is 1. The summed E-state index contributed by atoms with van der Waals surface area (Å²) in [6.45, 7) is 13.6. The molecule has 0 atom stereocenters. The van der Waals surface area contributed by atoms with Gasteiger partial charge in [0.2, 0.25) is 5.91 Å². The molecule has 2 aromatic heterocycles. The summed E-state index contributed by atoms with van der Waals surface area (Å²) in [6, 6.07) is 10.2. The quantitative estimate of drug-likeness (QED) is 0.662. The molecule has 1 N–H and O–H groups in total. The summed E-state index contributed by atoms with van der Waals surface area (Å²) in [5, 5.41) is 7.54. The van der Waals surface area contributed by atoms with E-state index in [1.54, 1.807) is 0 Å². The van der Waals surface area contributed by atoms with Crippen LogP contribution in [0.3, 0.4) is 0 Å². The number of fused-ring (bicyclic) bond motifs is 1. The zero-order valence-corrected chi connectivity index (χ0v) is 19.0. The maximum atomic E-state index is 12.6. The molecule has 0 aliphatic carbocycles. The van der Waals surface area contributed by atoms with Gasteiger partial charge in [0.05, 0.1) is 5.69 Å². The van der Waals surface area contributed by atoms with Crippen LogP contribution in [0.5, 0.6) is 0 Å². The van der Waals surface area contributed by atoms with E-state index in [9.17, 15) is 4.79 Å². The molecule has 1 aliphatic rings. The van der Waals surface area contributed by atoms with Crippen molar-refractivity contribution in [3.8, 4) is 0 Å². The first-order chi connectivity index (χ1) is 14.9. The third-order valence-electron chi connectivity index (χ3n) is 6.22. The lowest BCUT2D eigenvalue weighted by Crippen LogP contribution is -2.46. The van der Waals surface area contributed by atoms with Crippen LogP contribution in [0.2, 0.25) is 0 Å². The Balaban J connectivity index is 1.35. The summed E-state index contributed by atoms with van der Waals surface area (Å²) in [5.74, 6) is 0.0138. The lowest BCUT2D eigenvalue weighted by atomic mass is 10.1. The van der Waals surface area contributed by atoms with E-state index < -0.39 is 0 Å². The Morgan fingerprint density at radius 3 is 2.45 bits per heavy atom. The second-order valence-electron chi connectivity index (χ2n) is 8.33. The van der Waals surface area contributed by atoms with Gasteiger partial charge in [-0.05, 0) is 63.6 Å². The molecule has 31 heavy (non-hydrogen) atoms. The van der Waals surface area contributed by atoms with E-state index >= 15 is 0 Å². The highest BCUT2D eigenvalue weighted by Crippen LogP contribution is 2.21. The van der Waals surface area contributed by atoms with E-state index in [1.807, 2.05) is 43.5 Å². The van der Waals surface area contributed by atoms with Gasteiger partial charge in [0.15, 0.2) is 5.65 Å². The first-order valence-corrected chi connectivity index (χ1v) is 11.1. The van der Waals surface area contributed by atoms with Gasteiger partial charge in [-0.1, -0.05) is 6.92 Å². The molecule has 0 bridgehead atoms. The van der Waals surface area contributed by atoms with Crippen molar-refractivity contribution in [1.29, 1.82) is 0 Å². The minimum atomic E-state index is 0.0138. The number of aromatic nitrogens is 3. The van der Waals surface area contributed by atoms with Gasteiger partial charge in [-0.3, -0.25) is 4.79 Å². The summed E-state index contributed by atoms with van der Waals surface area (Å²) in [5.41, 5.74) is 6.96. The highest BCUT2D eigenvalue weighted by molar-refractivity contribution is 5.91. The second-order valence-corrected chi connectivity index (χ2v) is 8.33. The number of benzene rings is 1. The average molecular weight is 421 g/mol. The van der Waals surface area contributed by atoms with E-state index in [1.165, 1.54) is 5.69 Å². The standard InChI is InChI=1S/C24H32N6O/c1-5-28-12-14-29(15-13-28)21-8-6-20(7-9-21)26-24(31)11-10-22-18(3)25-23-16-17(2)27-30(23)19(22)4/h6-9,16H,5,10-15H2,1-4H3,(H,26,31). The summed E-state index contributed by atoms with van der Waals surface area (Å²) in [7, 11) is 0. The molecule has 1 fully saturated rings. The topological polar surface area (TPSA) is 65.8 Å². The number of nitrogens with one attached hydrogen (secondary N) is 1. The zero-order chi connectivity index (χ0) is 22.0. The van der Waals surface area contributed by atoms with Crippen molar-refractivity contribution < 1.29 is 4.79 Å². The monoisotopic (exact) mass is 420 g/mol. The highest BCUT2D eigenvalue weighted by Gasteiger charge is 2.16. The van der Waals surface area contributed by atoms with Gasteiger partial charge >= 0.3 is 0 Å². The van der Waals surface area contributed by atoms with Crippen LogP contribution >= 0.6 is 0 Å². The maximum Gasteiger partial charge on any atom is 0.224 e. The highest BCUT2D eigenvalue weighted by atomic mass is 16.1. The van der Waals surface area contributed by atoms with Crippen LogP contribution < -0.4 is 10.2 Å². The first-order valence-electron chi connectivity index (χ1n) is 11.1. The molecule has 0 unspecified atom stereocenters. The first kappa shape index (κ1) is 21.3. The van der Waals surface area contributed by atoms with E-state index in [0.29, 0.717) is 12.8 Å². The number of hydrogen-bond acceptors (Lipinski definition) is 5. The van der Waals surface area contributed by atoms with E-state index in [4.69, 9.17) is 0 Å². The molecule has 4 rings (SSSR count). The molecule has 0 saturated carbocycles. The van der Waals surface area contributed by atoms with Crippen molar-refractivity contribution in [3.05, 3.63) is 53.0 Å². The summed E-state index contributed by atoms with van der Waals surface area (Å²) in [4.78, 5) is 22.1. The maximum absolute atomic E-state index is 12.6. The van der Waals surface area contributed by atoms with Gasteiger partial charge in [0.1, 0.15) is 0 Å². The number of carbonyl (C=O) groups is 1. The summed E-state index contributed by atoms with van der Waals surface area (Å²) < 4.78 is 1.87. The number of rotatable bonds is 6. The molecule has 1 saturated heterocycles. The van der Waals surface area contributed by atoms with Crippen LogP contribution in [-0.4, -0.2) is 58.1 Å². The van der Waals surface area contributed by atoms with Crippen LogP contribution in [0.25, 0.3) is 5.65 Å². The predicted molar refractivity (Wildman–Crippen MR) is 125 cm³/mol. The number of hydrogen-bond donors (Lipinski definition) is 1. The van der Waals surface area contributed by atoms with Crippen LogP contribution in [0.1, 0.15) is 36.0 Å². The Kier molecular flexibility index (Phi) is 6.23. The van der Waals surface area contributed by atoms with Crippen LogP contribution in [0.15, 0.2) is 30.3 Å². The van der Waals surface area contributed by atoms with Crippen LogP contribution in [0.4, 0.5) is 11.4 Å². The fraction of sp³-hybridized carbons (Fsp3) is 0.458. The fourth-order valence-electron chi connectivity index (χ4n) is 4.34. The molecular weight excluding hydrogens is 388 g/mol. The van der Waals surface area contributed by atoms with Crippen molar-refractivity contribution in [3.63, 3.8) is 0 Å². The smallest absolute Gasteiger partial charge is 0.224 e. The van der Waals surface area contributed by atoms with Crippen molar-refractivity contribution in [2.45, 2.75) is 40.5 Å². The minimum absolute atomic E-state index is 0.0138. The number of nitrogens with zero attached hydrogens (tertiary/aromatic N) is 5. The summed E-state index contributed by atoms with van der Waals surface area (Å²) >= 11 is 0. The molecule has 0 spiro atoms. The lowest BCUT2D eigenvalue weighted by molar-refractivity contribution is -0.116. The molecule has 7 heteroatoms. The third-order valence-corrected chi connectivity index (χ3v) is 6.22. The van der Waals surface area contributed by atoms with Crippen molar-refractivity contribution in [2.24, 2.45) is 0 Å². The number of piperazine rings is 1.